The van der Waals surface area contributed by atoms with E-state index < -0.39 is 5.60 Å². The Hall–Kier alpha value is -2.55. The van der Waals surface area contributed by atoms with Crippen LogP contribution in [0, 0.1) is 0 Å². The number of amidine groups is 1. The molecule has 1 unspecified atom stereocenters. The van der Waals surface area contributed by atoms with E-state index in [2.05, 4.69) is 10.3 Å². The molecule has 1 atom stereocenters. The summed E-state index contributed by atoms with van der Waals surface area (Å²) in [5, 5.41) is 21.3. The molecular weight excluding hydrogens is 338 g/mol. The van der Waals surface area contributed by atoms with Crippen LogP contribution in [0.25, 0.3) is 0 Å². The van der Waals surface area contributed by atoms with Gasteiger partial charge in [0.2, 0.25) is 6.41 Å². The van der Waals surface area contributed by atoms with E-state index in [-0.39, 0.29) is 31.2 Å². The quantitative estimate of drug-likeness (QED) is 0.365. The van der Waals surface area contributed by atoms with Gasteiger partial charge in [-0.05, 0) is 31.1 Å². The third-order valence-electron chi connectivity index (χ3n) is 4.20. The lowest BCUT2D eigenvalue weighted by Gasteiger charge is -2.28. The van der Waals surface area contributed by atoms with Gasteiger partial charge in [-0.15, -0.1) is 0 Å². The van der Waals surface area contributed by atoms with Crippen LogP contribution in [-0.2, 0) is 9.53 Å². The molecule has 1 aromatic carbocycles. The number of carbonyl (C=O) groups is 2. The third-order valence-corrected chi connectivity index (χ3v) is 4.20. The van der Waals surface area contributed by atoms with E-state index >= 15 is 0 Å². The van der Waals surface area contributed by atoms with Gasteiger partial charge in [-0.3, -0.25) is 9.59 Å². The van der Waals surface area contributed by atoms with Gasteiger partial charge in [0, 0.05) is 18.8 Å². The molecule has 0 saturated carbocycles. The molecule has 8 heteroatoms. The largest absolute Gasteiger partial charge is 0.393 e. The lowest BCUT2D eigenvalue weighted by Crippen LogP contribution is -2.40. The van der Waals surface area contributed by atoms with Crippen molar-refractivity contribution < 1.29 is 24.5 Å². The lowest BCUT2D eigenvalue weighted by atomic mass is 10.0. The monoisotopic (exact) mass is 361 g/mol. The number of ether oxygens (including phenoxy) is 1. The van der Waals surface area contributed by atoms with E-state index in [0.717, 1.165) is 0 Å². The van der Waals surface area contributed by atoms with Crippen LogP contribution >= 0.6 is 0 Å². The van der Waals surface area contributed by atoms with Crippen LogP contribution in [0.5, 0.6) is 0 Å². The van der Waals surface area contributed by atoms with Gasteiger partial charge in [-0.25, -0.2) is 0 Å². The molecule has 3 N–H and O–H groups in total. The molecule has 1 aliphatic heterocycles. The number of benzene rings is 1. The van der Waals surface area contributed by atoms with Crippen molar-refractivity contribution in [3.05, 3.63) is 48.2 Å². The molecule has 1 aliphatic rings. The van der Waals surface area contributed by atoms with Crippen molar-refractivity contribution in [2.45, 2.75) is 24.7 Å². The fourth-order valence-electron chi connectivity index (χ4n) is 2.60. The highest BCUT2D eigenvalue weighted by Crippen LogP contribution is 2.31. The Morgan fingerprint density at radius 2 is 2.08 bits per heavy atom. The Balaban J connectivity index is 2.00. The number of nitrogens with one attached hydrogen (secondary N) is 1. The van der Waals surface area contributed by atoms with Gasteiger partial charge in [-0.2, -0.15) is 4.99 Å². The minimum Gasteiger partial charge on any atom is -0.393 e. The maximum atomic E-state index is 12.2. The molecule has 140 valence electrons. The predicted octanol–water partition coefficient (Wildman–Crippen LogP) is 0.277. The van der Waals surface area contributed by atoms with Gasteiger partial charge in [0.1, 0.15) is 17.7 Å². The third kappa shape index (κ3) is 4.98. The maximum absolute atomic E-state index is 12.2. The number of hydrogen-bond donors (Lipinski definition) is 3. The standard InChI is InChI=1S/C18H23N3O5/c1-21(16-7-9-18(11-22,12-23)26-16)10-8-15(19-13-24)20-17(25)14-5-3-2-4-6-14/h2-6,8,10,13,16,22-23H,7,9,11-12H2,1H3,(H,19,20,24,25)/b10-8-. The fourth-order valence-corrected chi connectivity index (χ4v) is 2.60. The summed E-state index contributed by atoms with van der Waals surface area (Å²) in [6, 6.07) is 8.58. The van der Waals surface area contributed by atoms with Crippen LogP contribution in [0.3, 0.4) is 0 Å². The Morgan fingerprint density at radius 3 is 2.65 bits per heavy atom. The van der Waals surface area contributed by atoms with Gasteiger partial charge >= 0.3 is 0 Å². The van der Waals surface area contributed by atoms with Crippen molar-refractivity contribution in [1.29, 1.82) is 0 Å². The van der Waals surface area contributed by atoms with Crippen molar-refractivity contribution >= 4 is 18.2 Å². The minimum absolute atomic E-state index is 0.0919. The van der Waals surface area contributed by atoms with E-state index in [1.165, 1.54) is 6.08 Å². The van der Waals surface area contributed by atoms with Gasteiger partial charge in [0.15, 0.2) is 0 Å². The first-order valence-corrected chi connectivity index (χ1v) is 8.21. The van der Waals surface area contributed by atoms with E-state index in [4.69, 9.17) is 4.74 Å². The molecule has 1 saturated heterocycles. The van der Waals surface area contributed by atoms with E-state index in [0.29, 0.717) is 24.8 Å². The molecule has 26 heavy (non-hydrogen) atoms. The Bertz CT molecular complexity index is 671. The van der Waals surface area contributed by atoms with Gasteiger partial charge < -0.3 is 25.2 Å². The fraction of sp³-hybridized carbons (Fsp3) is 0.389. The summed E-state index contributed by atoms with van der Waals surface area (Å²) in [5.41, 5.74) is -0.490. The Kier molecular flexibility index (Phi) is 7.02. The summed E-state index contributed by atoms with van der Waals surface area (Å²) in [6.45, 7) is -0.523. The molecule has 1 heterocycles. The second-order valence-corrected chi connectivity index (χ2v) is 6.03. The van der Waals surface area contributed by atoms with Crippen molar-refractivity contribution in [2.75, 3.05) is 20.3 Å². The zero-order valence-electron chi connectivity index (χ0n) is 14.5. The van der Waals surface area contributed by atoms with Crippen LogP contribution in [-0.4, -0.2) is 65.4 Å². The summed E-state index contributed by atoms with van der Waals surface area (Å²) in [4.78, 5) is 28.2. The van der Waals surface area contributed by atoms with Crippen LogP contribution in [0.2, 0.25) is 0 Å². The molecule has 2 rings (SSSR count). The highest BCUT2D eigenvalue weighted by atomic mass is 16.6. The molecule has 8 nitrogen and oxygen atoms in total. The lowest BCUT2D eigenvalue weighted by molar-refractivity contribution is -0.129. The van der Waals surface area contributed by atoms with E-state index in [9.17, 15) is 19.8 Å². The van der Waals surface area contributed by atoms with Crippen molar-refractivity contribution in [1.82, 2.24) is 10.2 Å². The summed E-state index contributed by atoms with van der Waals surface area (Å²) in [7, 11) is 1.75. The molecule has 0 aromatic heterocycles. The first-order chi connectivity index (χ1) is 12.5. The number of aliphatic hydroxyl groups is 2. The smallest absolute Gasteiger partial charge is 0.256 e. The van der Waals surface area contributed by atoms with Crippen LogP contribution in [0.15, 0.2) is 47.6 Å². The van der Waals surface area contributed by atoms with Crippen molar-refractivity contribution in [3.63, 3.8) is 0 Å². The summed E-state index contributed by atoms with van der Waals surface area (Å²) in [5.74, 6) is -0.288. The molecule has 0 spiro atoms. The van der Waals surface area contributed by atoms with Gasteiger partial charge in [-0.1, -0.05) is 18.2 Å². The molecule has 0 radical (unpaired) electrons. The highest BCUT2D eigenvalue weighted by Gasteiger charge is 2.40. The number of amides is 2. The topological polar surface area (TPSA) is 111 Å². The SMILES string of the molecule is CN(/C=C\C(=NC=O)NC(=O)c1ccccc1)C1CCC(CO)(CO)O1. The number of nitrogens with zero attached hydrogens (tertiary/aromatic N) is 2. The number of aliphatic imine (C=N–C) groups is 1. The molecule has 0 aliphatic carbocycles. The Morgan fingerprint density at radius 1 is 1.38 bits per heavy atom. The molecular formula is C18H23N3O5. The molecule has 1 fully saturated rings. The molecule has 0 bridgehead atoms. The Labute approximate surface area is 151 Å². The number of carbonyl (C=O) groups excluding carboxylic acids is 2. The normalized spacial score (nSPS) is 19.5. The van der Waals surface area contributed by atoms with Crippen LogP contribution in [0.1, 0.15) is 23.2 Å². The van der Waals surface area contributed by atoms with Gasteiger partial charge in [0.25, 0.3) is 5.91 Å². The van der Waals surface area contributed by atoms with E-state index in [1.54, 1.807) is 48.5 Å². The average Bonchev–Trinajstić information content (AvgIpc) is 3.12. The summed E-state index contributed by atoms with van der Waals surface area (Å²) in [6.07, 6.45) is 4.26. The van der Waals surface area contributed by atoms with Gasteiger partial charge in [0.05, 0.1) is 13.2 Å². The van der Waals surface area contributed by atoms with Crippen LogP contribution in [0.4, 0.5) is 0 Å². The van der Waals surface area contributed by atoms with E-state index in [1.807, 2.05) is 0 Å². The number of hydrogen-bond acceptors (Lipinski definition) is 6. The maximum Gasteiger partial charge on any atom is 0.256 e. The number of rotatable bonds is 7. The summed E-state index contributed by atoms with van der Waals surface area (Å²) < 4.78 is 5.73. The average molecular weight is 361 g/mol. The second-order valence-electron chi connectivity index (χ2n) is 6.03. The van der Waals surface area contributed by atoms with Crippen molar-refractivity contribution in [3.8, 4) is 0 Å². The second kappa shape index (κ2) is 9.23. The predicted molar refractivity (Wildman–Crippen MR) is 95.3 cm³/mol. The first-order valence-electron chi connectivity index (χ1n) is 8.21. The highest BCUT2D eigenvalue weighted by molar-refractivity contribution is 6.11. The molecule has 1 aromatic rings. The number of aliphatic hydroxyl groups excluding tert-OH is 2. The zero-order chi connectivity index (χ0) is 19.0. The zero-order valence-corrected chi connectivity index (χ0v) is 14.5. The van der Waals surface area contributed by atoms with Crippen molar-refractivity contribution in [2.24, 2.45) is 4.99 Å². The summed E-state index contributed by atoms with van der Waals surface area (Å²) >= 11 is 0. The minimum atomic E-state index is -0.937. The molecule has 2 amide bonds. The first kappa shape index (κ1) is 19.8. The van der Waals surface area contributed by atoms with Crippen LogP contribution < -0.4 is 5.32 Å².